The van der Waals surface area contributed by atoms with E-state index in [2.05, 4.69) is 16.0 Å². The van der Waals surface area contributed by atoms with Crippen molar-refractivity contribution in [3.05, 3.63) is 71.8 Å². The normalized spacial score (nSPS) is 14.2. The number of aliphatic hydroxyl groups excluding tert-OH is 1. The van der Waals surface area contributed by atoms with E-state index in [9.17, 15) is 29.4 Å². The van der Waals surface area contributed by atoms with E-state index in [0.717, 1.165) is 11.1 Å². The summed E-state index contributed by atoms with van der Waals surface area (Å²) in [6, 6.07) is 14.4. The van der Waals surface area contributed by atoms with E-state index in [1.807, 2.05) is 30.3 Å². The van der Waals surface area contributed by atoms with Gasteiger partial charge in [0.15, 0.2) is 0 Å². The minimum absolute atomic E-state index is 0.0710. The van der Waals surface area contributed by atoms with E-state index in [-0.39, 0.29) is 12.8 Å². The highest BCUT2D eigenvalue weighted by Gasteiger charge is 2.28. The van der Waals surface area contributed by atoms with Crippen molar-refractivity contribution in [2.45, 2.75) is 44.0 Å². The topological polar surface area (TPSA) is 171 Å². The third-order valence-corrected chi connectivity index (χ3v) is 5.04. The lowest BCUT2D eigenvalue weighted by molar-refractivity contribution is -0.141. The summed E-state index contributed by atoms with van der Waals surface area (Å²) in [6.07, 6.45) is -0.955. The van der Waals surface area contributed by atoms with Crippen LogP contribution in [0.15, 0.2) is 60.7 Å². The second-order valence-electron chi connectivity index (χ2n) is 7.89. The van der Waals surface area contributed by atoms with Crippen molar-refractivity contribution in [3.63, 3.8) is 0 Å². The molecule has 7 N–H and O–H groups in total. The van der Waals surface area contributed by atoms with Crippen LogP contribution >= 0.6 is 0 Å². The molecule has 0 aliphatic heterocycles. The fourth-order valence-corrected chi connectivity index (χ4v) is 3.20. The number of benzene rings is 2. The van der Waals surface area contributed by atoms with Gasteiger partial charge in [-0.3, -0.25) is 14.4 Å². The summed E-state index contributed by atoms with van der Waals surface area (Å²) in [6.45, 7) is 0.778. The first kappa shape index (κ1) is 26.5. The minimum Gasteiger partial charge on any atom is -0.480 e. The van der Waals surface area contributed by atoms with Gasteiger partial charge in [0.1, 0.15) is 12.1 Å². The highest BCUT2D eigenvalue weighted by molar-refractivity contribution is 5.93. The largest absolute Gasteiger partial charge is 0.480 e. The van der Waals surface area contributed by atoms with Gasteiger partial charge in [-0.2, -0.15) is 0 Å². The summed E-state index contributed by atoms with van der Waals surface area (Å²) >= 11 is 0. The van der Waals surface area contributed by atoms with Crippen molar-refractivity contribution in [1.82, 2.24) is 16.0 Å². The first-order chi connectivity index (χ1) is 16.2. The zero-order chi connectivity index (χ0) is 25.1. The number of carbonyl (C=O) groups is 4. The second kappa shape index (κ2) is 13.1. The Kier molecular flexibility index (Phi) is 10.2. The maximum atomic E-state index is 12.5. The van der Waals surface area contributed by atoms with Crippen LogP contribution in [0.25, 0.3) is 0 Å². The molecule has 0 spiro atoms. The van der Waals surface area contributed by atoms with Gasteiger partial charge in [0, 0.05) is 6.42 Å². The first-order valence-electron chi connectivity index (χ1n) is 10.8. The Morgan fingerprint density at radius 1 is 0.853 bits per heavy atom. The molecule has 34 heavy (non-hydrogen) atoms. The number of nitrogens with one attached hydrogen (secondary N) is 3. The fraction of sp³-hybridized carbons (Fsp3) is 0.333. The Balaban J connectivity index is 1.88. The van der Waals surface area contributed by atoms with Crippen molar-refractivity contribution < 1.29 is 29.4 Å². The van der Waals surface area contributed by atoms with Crippen LogP contribution < -0.4 is 21.7 Å². The zero-order valence-corrected chi connectivity index (χ0v) is 18.8. The lowest BCUT2D eigenvalue weighted by Crippen LogP contribution is -2.57. The molecule has 2 aromatic rings. The second-order valence-corrected chi connectivity index (χ2v) is 7.89. The summed E-state index contributed by atoms with van der Waals surface area (Å²) in [5, 5.41) is 26.4. The van der Waals surface area contributed by atoms with E-state index in [0.29, 0.717) is 0 Å². The van der Waals surface area contributed by atoms with Gasteiger partial charge in [0.25, 0.3) is 0 Å². The van der Waals surface area contributed by atoms with Gasteiger partial charge >= 0.3 is 5.97 Å². The van der Waals surface area contributed by atoms with E-state index in [4.69, 9.17) is 5.73 Å². The van der Waals surface area contributed by atoms with Gasteiger partial charge in [0.05, 0.1) is 18.7 Å². The highest BCUT2D eigenvalue weighted by atomic mass is 16.4. The quantitative estimate of drug-likeness (QED) is 0.239. The zero-order valence-electron chi connectivity index (χ0n) is 18.8. The summed E-state index contributed by atoms with van der Waals surface area (Å²) < 4.78 is 0. The third kappa shape index (κ3) is 8.64. The van der Waals surface area contributed by atoms with Crippen LogP contribution in [-0.4, -0.2) is 64.7 Å². The molecule has 0 saturated heterocycles. The van der Waals surface area contributed by atoms with Crippen LogP contribution in [0.5, 0.6) is 0 Å². The molecule has 10 heteroatoms. The lowest BCUT2D eigenvalue weighted by Gasteiger charge is -2.23. The summed E-state index contributed by atoms with van der Waals surface area (Å²) in [4.78, 5) is 48.6. The third-order valence-electron chi connectivity index (χ3n) is 5.04. The number of carboxylic acid groups (broad SMARTS) is 1. The fourth-order valence-electron chi connectivity index (χ4n) is 3.20. The molecule has 0 bridgehead atoms. The smallest absolute Gasteiger partial charge is 0.326 e. The van der Waals surface area contributed by atoms with Crippen molar-refractivity contribution >= 4 is 23.7 Å². The van der Waals surface area contributed by atoms with E-state index in [1.54, 1.807) is 30.3 Å². The van der Waals surface area contributed by atoms with Gasteiger partial charge in [-0.1, -0.05) is 60.7 Å². The standard InChI is InChI=1S/C24H30N4O6/c1-15(29)21(28-22(31)18(25)12-16-8-4-2-5-9-16)23(32)26-14-20(30)27-19(24(33)34)13-17-10-6-3-7-11-17/h2-11,15,18-19,21,29H,12-14,25H2,1H3,(H,26,32)(H,27,30)(H,28,31)(H,33,34). The van der Waals surface area contributed by atoms with Crippen molar-refractivity contribution in [3.8, 4) is 0 Å². The van der Waals surface area contributed by atoms with E-state index < -0.39 is 54.5 Å². The van der Waals surface area contributed by atoms with Gasteiger partial charge in [-0.05, 0) is 24.5 Å². The predicted octanol–water partition coefficient (Wildman–Crippen LogP) is -0.650. The molecule has 0 heterocycles. The minimum atomic E-state index is -1.35. The van der Waals surface area contributed by atoms with Crippen LogP contribution in [0.3, 0.4) is 0 Å². The average Bonchev–Trinajstić information content (AvgIpc) is 2.81. The molecule has 0 radical (unpaired) electrons. The summed E-state index contributed by atoms with van der Waals surface area (Å²) in [5.41, 5.74) is 7.48. The molecule has 4 unspecified atom stereocenters. The maximum Gasteiger partial charge on any atom is 0.326 e. The Labute approximate surface area is 197 Å². The number of aliphatic hydroxyl groups is 1. The van der Waals surface area contributed by atoms with Gasteiger partial charge in [0.2, 0.25) is 17.7 Å². The number of hydrogen-bond donors (Lipinski definition) is 6. The molecule has 10 nitrogen and oxygen atoms in total. The monoisotopic (exact) mass is 470 g/mol. The van der Waals surface area contributed by atoms with Gasteiger partial charge < -0.3 is 31.9 Å². The molecule has 4 atom stereocenters. The van der Waals surface area contributed by atoms with Crippen LogP contribution in [0.2, 0.25) is 0 Å². The number of hydrogen-bond acceptors (Lipinski definition) is 6. The maximum absolute atomic E-state index is 12.5. The molecule has 0 aliphatic rings. The summed E-state index contributed by atoms with van der Waals surface area (Å²) in [5.74, 6) is -3.39. The number of rotatable bonds is 12. The van der Waals surface area contributed by atoms with E-state index >= 15 is 0 Å². The Morgan fingerprint density at radius 3 is 1.88 bits per heavy atom. The molecule has 182 valence electrons. The SMILES string of the molecule is CC(O)C(NC(=O)C(N)Cc1ccccc1)C(=O)NCC(=O)NC(Cc1ccccc1)C(=O)O. The molecule has 0 fully saturated rings. The van der Waals surface area contributed by atoms with Crippen molar-refractivity contribution in [2.24, 2.45) is 5.73 Å². The molecule has 2 rings (SSSR count). The molecule has 0 saturated carbocycles. The molecule has 3 amide bonds. The van der Waals surface area contributed by atoms with Crippen LogP contribution in [0, 0.1) is 0 Å². The van der Waals surface area contributed by atoms with Crippen molar-refractivity contribution in [2.75, 3.05) is 6.54 Å². The molecule has 2 aromatic carbocycles. The van der Waals surface area contributed by atoms with Crippen LogP contribution in [0.1, 0.15) is 18.1 Å². The van der Waals surface area contributed by atoms with Gasteiger partial charge in [-0.15, -0.1) is 0 Å². The molecular weight excluding hydrogens is 440 g/mol. The van der Waals surface area contributed by atoms with Crippen LogP contribution in [-0.2, 0) is 32.0 Å². The van der Waals surface area contributed by atoms with E-state index in [1.165, 1.54) is 6.92 Å². The highest BCUT2D eigenvalue weighted by Crippen LogP contribution is 2.04. The number of aliphatic carboxylic acids is 1. The molecule has 0 aromatic heterocycles. The summed E-state index contributed by atoms with van der Waals surface area (Å²) in [7, 11) is 0. The predicted molar refractivity (Wildman–Crippen MR) is 124 cm³/mol. The van der Waals surface area contributed by atoms with Gasteiger partial charge in [-0.25, -0.2) is 4.79 Å². The Bertz CT molecular complexity index is 968. The number of carbonyl (C=O) groups excluding carboxylic acids is 3. The lowest BCUT2D eigenvalue weighted by atomic mass is 10.0. The number of carboxylic acids is 1. The Morgan fingerprint density at radius 2 is 1.38 bits per heavy atom. The molecular formula is C24H30N4O6. The molecule has 0 aliphatic carbocycles. The first-order valence-corrected chi connectivity index (χ1v) is 10.8. The average molecular weight is 471 g/mol. The number of nitrogens with two attached hydrogens (primary N) is 1. The number of amides is 3. The van der Waals surface area contributed by atoms with Crippen molar-refractivity contribution in [1.29, 1.82) is 0 Å². The van der Waals surface area contributed by atoms with Crippen LogP contribution in [0.4, 0.5) is 0 Å². The Hall–Kier alpha value is -3.76.